The van der Waals surface area contributed by atoms with Gasteiger partial charge in [0.2, 0.25) is 5.91 Å². The molecule has 0 spiro atoms. The fourth-order valence-electron chi connectivity index (χ4n) is 1.62. The normalized spacial score (nSPS) is 11.9. The SMILES string of the molecule is CCC(C(=O)Nc1cccc(C)c1C)C(N)=S. The van der Waals surface area contributed by atoms with Crippen LogP contribution in [0.15, 0.2) is 18.2 Å². The molecule has 3 N–H and O–H groups in total. The van der Waals surface area contributed by atoms with Gasteiger partial charge in [0.25, 0.3) is 0 Å². The molecule has 0 saturated heterocycles. The van der Waals surface area contributed by atoms with E-state index in [0.29, 0.717) is 6.42 Å². The van der Waals surface area contributed by atoms with Crippen molar-refractivity contribution in [1.82, 2.24) is 0 Å². The van der Waals surface area contributed by atoms with Gasteiger partial charge < -0.3 is 11.1 Å². The number of thiocarbonyl (C=S) groups is 1. The Bertz CT molecular complexity index is 443. The summed E-state index contributed by atoms with van der Waals surface area (Å²) in [6.07, 6.45) is 0.617. The van der Waals surface area contributed by atoms with Crippen LogP contribution < -0.4 is 11.1 Å². The fraction of sp³-hybridized carbons (Fsp3) is 0.385. The van der Waals surface area contributed by atoms with Crippen LogP contribution in [-0.2, 0) is 4.79 Å². The minimum Gasteiger partial charge on any atom is -0.393 e. The number of amides is 1. The highest BCUT2D eigenvalue weighted by atomic mass is 32.1. The van der Waals surface area contributed by atoms with Crippen LogP contribution in [0.5, 0.6) is 0 Å². The minimum absolute atomic E-state index is 0.131. The Balaban J connectivity index is 2.88. The molecule has 1 rings (SSSR count). The zero-order valence-corrected chi connectivity index (χ0v) is 11.2. The fourth-order valence-corrected chi connectivity index (χ4v) is 1.90. The molecule has 1 amide bonds. The maximum atomic E-state index is 12.0. The number of aryl methyl sites for hydroxylation is 1. The summed E-state index contributed by atoms with van der Waals surface area (Å²) in [5.41, 5.74) is 8.58. The van der Waals surface area contributed by atoms with Gasteiger partial charge in [-0.1, -0.05) is 31.3 Å². The number of rotatable bonds is 4. The van der Waals surface area contributed by atoms with E-state index < -0.39 is 5.92 Å². The molecule has 3 nitrogen and oxygen atoms in total. The van der Waals surface area contributed by atoms with Gasteiger partial charge in [-0.3, -0.25) is 4.79 Å². The van der Waals surface area contributed by atoms with Gasteiger partial charge in [0.05, 0.1) is 10.9 Å². The molecular weight excluding hydrogens is 232 g/mol. The molecule has 4 heteroatoms. The van der Waals surface area contributed by atoms with Crippen LogP contribution in [-0.4, -0.2) is 10.9 Å². The van der Waals surface area contributed by atoms with Gasteiger partial charge in [-0.25, -0.2) is 0 Å². The van der Waals surface area contributed by atoms with Crippen molar-refractivity contribution in [3.05, 3.63) is 29.3 Å². The van der Waals surface area contributed by atoms with Crippen molar-refractivity contribution < 1.29 is 4.79 Å². The van der Waals surface area contributed by atoms with Gasteiger partial charge in [-0.15, -0.1) is 0 Å². The standard InChI is InChI=1S/C13H18N2OS/c1-4-10(12(14)17)13(16)15-11-7-5-6-8(2)9(11)3/h5-7,10H,4H2,1-3H3,(H2,14,17)(H,15,16). The summed E-state index contributed by atoms with van der Waals surface area (Å²) < 4.78 is 0. The molecule has 1 aromatic carbocycles. The molecule has 0 aliphatic heterocycles. The van der Waals surface area contributed by atoms with Crippen LogP contribution in [0.1, 0.15) is 24.5 Å². The zero-order chi connectivity index (χ0) is 13.0. The number of nitrogens with one attached hydrogen (secondary N) is 1. The van der Waals surface area contributed by atoms with E-state index in [1.54, 1.807) is 0 Å². The lowest BCUT2D eigenvalue weighted by Crippen LogP contribution is -2.32. The van der Waals surface area contributed by atoms with Crippen molar-refractivity contribution in [3.63, 3.8) is 0 Å². The number of hydrogen-bond acceptors (Lipinski definition) is 2. The van der Waals surface area contributed by atoms with Gasteiger partial charge in [0.15, 0.2) is 0 Å². The molecule has 17 heavy (non-hydrogen) atoms. The summed E-state index contributed by atoms with van der Waals surface area (Å²) in [5.74, 6) is -0.529. The second-order valence-corrected chi connectivity index (χ2v) is 4.57. The molecule has 0 aliphatic carbocycles. The van der Waals surface area contributed by atoms with Crippen molar-refractivity contribution in [1.29, 1.82) is 0 Å². The highest BCUT2D eigenvalue weighted by Gasteiger charge is 2.19. The first kappa shape index (κ1) is 13.6. The summed E-state index contributed by atoms with van der Waals surface area (Å²) >= 11 is 4.88. The Morgan fingerprint density at radius 3 is 2.65 bits per heavy atom. The monoisotopic (exact) mass is 250 g/mol. The van der Waals surface area contributed by atoms with Crippen LogP contribution in [0.3, 0.4) is 0 Å². The summed E-state index contributed by atoms with van der Waals surface area (Å²) in [4.78, 5) is 12.2. The highest BCUT2D eigenvalue weighted by molar-refractivity contribution is 7.80. The predicted molar refractivity (Wildman–Crippen MR) is 75.1 cm³/mol. The molecule has 0 aromatic heterocycles. The number of nitrogens with two attached hydrogens (primary N) is 1. The van der Waals surface area contributed by atoms with E-state index in [4.69, 9.17) is 18.0 Å². The van der Waals surface area contributed by atoms with Crippen LogP contribution in [0.4, 0.5) is 5.69 Å². The third kappa shape index (κ3) is 3.27. The first-order chi connectivity index (χ1) is 7.97. The average Bonchev–Trinajstić information content (AvgIpc) is 2.25. The summed E-state index contributed by atoms with van der Waals surface area (Å²) in [7, 11) is 0. The molecule has 0 aliphatic rings. The van der Waals surface area contributed by atoms with Crippen LogP contribution in [0.25, 0.3) is 0 Å². The molecule has 1 atom stereocenters. The molecular formula is C13H18N2OS. The second-order valence-electron chi connectivity index (χ2n) is 4.10. The van der Waals surface area contributed by atoms with Gasteiger partial charge in [-0.05, 0) is 37.5 Å². The first-order valence-corrected chi connectivity index (χ1v) is 6.04. The second kappa shape index (κ2) is 5.77. The molecule has 0 saturated carbocycles. The molecule has 0 bridgehead atoms. The van der Waals surface area contributed by atoms with E-state index in [-0.39, 0.29) is 10.9 Å². The smallest absolute Gasteiger partial charge is 0.234 e. The Morgan fingerprint density at radius 2 is 2.12 bits per heavy atom. The number of carbonyl (C=O) groups is 1. The Morgan fingerprint density at radius 1 is 1.47 bits per heavy atom. The number of hydrogen-bond donors (Lipinski definition) is 2. The minimum atomic E-state index is -0.398. The van der Waals surface area contributed by atoms with Crippen LogP contribution >= 0.6 is 12.2 Å². The molecule has 92 valence electrons. The lowest BCUT2D eigenvalue weighted by molar-refractivity contribution is -0.118. The lowest BCUT2D eigenvalue weighted by atomic mass is 10.0. The van der Waals surface area contributed by atoms with Crippen molar-refractivity contribution in [2.75, 3.05) is 5.32 Å². The van der Waals surface area contributed by atoms with Crippen LogP contribution in [0, 0.1) is 19.8 Å². The van der Waals surface area contributed by atoms with Crippen molar-refractivity contribution in [2.24, 2.45) is 11.7 Å². The number of anilines is 1. The first-order valence-electron chi connectivity index (χ1n) is 5.63. The van der Waals surface area contributed by atoms with Crippen molar-refractivity contribution in [2.45, 2.75) is 27.2 Å². The number of carbonyl (C=O) groups excluding carboxylic acids is 1. The summed E-state index contributed by atoms with van der Waals surface area (Å²) in [6.45, 7) is 5.88. The molecule has 1 aromatic rings. The topological polar surface area (TPSA) is 55.1 Å². The zero-order valence-electron chi connectivity index (χ0n) is 10.4. The summed E-state index contributed by atoms with van der Waals surface area (Å²) in [5, 5.41) is 2.88. The Labute approximate surface area is 107 Å². The van der Waals surface area contributed by atoms with E-state index in [0.717, 1.165) is 16.8 Å². The summed E-state index contributed by atoms with van der Waals surface area (Å²) in [6, 6.07) is 5.81. The largest absolute Gasteiger partial charge is 0.393 e. The Kier molecular flexibility index (Phi) is 4.63. The van der Waals surface area contributed by atoms with Gasteiger partial charge >= 0.3 is 0 Å². The molecule has 0 fully saturated rings. The van der Waals surface area contributed by atoms with E-state index >= 15 is 0 Å². The quantitative estimate of drug-likeness (QED) is 0.807. The van der Waals surface area contributed by atoms with Gasteiger partial charge in [0, 0.05) is 5.69 Å². The highest BCUT2D eigenvalue weighted by Crippen LogP contribution is 2.19. The molecule has 1 unspecified atom stereocenters. The Hall–Kier alpha value is -1.42. The molecule has 0 radical (unpaired) electrons. The van der Waals surface area contributed by atoms with Crippen molar-refractivity contribution >= 4 is 28.8 Å². The maximum absolute atomic E-state index is 12.0. The number of benzene rings is 1. The van der Waals surface area contributed by atoms with E-state index in [9.17, 15) is 4.79 Å². The van der Waals surface area contributed by atoms with E-state index in [1.807, 2.05) is 39.0 Å². The van der Waals surface area contributed by atoms with Gasteiger partial charge in [0.1, 0.15) is 0 Å². The third-order valence-corrected chi connectivity index (χ3v) is 3.22. The van der Waals surface area contributed by atoms with Crippen molar-refractivity contribution in [3.8, 4) is 0 Å². The average molecular weight is 250 g/mol. The third-order valence-electron chi connectivity index (χ3n) is 2.93. The molecule has 0 heterocycles. The maximum Gasteiger partial charge on any atom is 0.234 e. The van der Waals surface area contributed by atoms with E-state index in [2.05, 4.69) is 5.32 Å². The van der Waals surface area contributed by atoms with Gasteiger partial charge in [-0.2, -0.15) is 0 Å². The lowest BCUT2D eigenvalue weighted by Gasteiger charge is -2.15. The predicted octanol–water partition coefficient (Wildman–Crippen LogP) is 2.55. The van der Waals surface area contributed by atoms with Crippen LogP contribution in [0.2, 0.25) is 0 Å². The van der Waals surface area contributed by atoms with E-state index in [1.165, 1.54) is 0 Å².